The molecule has 0 unspecified atom stereocenters. The summed E-state index contributed by atoms with van der Waals surface area (Å²) in [7, 11) is -2.86. The predicted molar refractivity (Wildman–Crippen MR) is 25.1 cm³/mol. The average Bonchev–Trinajstić information content (AvgIpc) is 1.41. The predicted octanol–water partition coefficient (Wildman–Crippen LogP) is -0.309. The first-order valence-electron chi connectivity index (χ1n) is 0.720. The fourth-order valence-corrected chi connectivity index (χ4v) is 0. The molecule has 0 aromatic rings. The Morgan fingerprint density at radius 2 is 1.29 bits per heavy atom. The second kappa shape index (κ2) is 15.8. The van der Waals surface area contributed by atoms with Crippen LogP contribution in [0.2, 0.25) is 0 Å². The molecule has 44 valence electrons. The SMILES string of the molecule is Cl.O=[S-](=O)O.[O]=[Pb]. The van der Waals surface area contributed by atoms with E-state index in [9.17, 15) is 0 Å². The molecule has 0 aliphatic carbocycles. The van der Waals surface area contributed by atoms with Gasteiger partial charge in [0.15, 0.2) is 0 Å². The van der Waals surface area contributed by atoms with E-state index in [0.29, 0.717) is 0 Å². The molecule has 0 aromatic carbocycles. The Morgan fingerprint density at radius 1 is 1.29 bits per heavy atom. The van der Waals surface area contributed by atoms with Crippen LogP contribution in [0.5, 0.6) is 0 Å². The molecule has 0 spiro atoms. The first-order chi connectivity index (χ1) is 2.73. The van der Waals surface area contributed by atoms with Crippen LogP contribution in [0.3, 0.4) is 0 Å². The average molecular weight is 341 g/mol. The summed E-state index contributed by atoms with van der Waals surface area (Å²) >= 11 is 0.0556. The third kappa shape index (κ3) is 197. The fourth-order valence-electron chi connectivity index (χ4n) is 0. The van der Waals surface area contributed by atoms with Gasteiger partial charge in [-0.2, -0.15) is 0 Å². The number of hydrogen-bond donors (Lipinski definition) is 1. The van der Waals surface area contributed by atoms with Crippen molar-refractivity contribution in [2.24, 2.45) is 0 Å². The van der Waals surface area contributed by atoms with Gasteiger partial charge in [0.05, 0.1) is 0 Å². The van der Waals surface area contributed by atoms with Crippen molar-refractivity contribution < 1.29 is 15.7 Å². The van der Waals surface area contributed by atoms with E-state index in [4.69, 9.17) is 15.7 Å². The van der Waals surface area contributed by atoms with Gasteiger partial charge in [-0.3, -0.25) is 0 Å². The quantitative estimate of drug-likeness (QED) is 0.284. The van der Waals surface area contributed by atoms with Crippen molar-refractivity contribution in [2.75, 3.05) is 0 Å². The van der Waals surface area contributed by atoms with Gasteiger partial charge in [-0.1, -0.05) is 0 Å². The molecule has 0 saturated carbocycles. The first kappa shape index (κ1) is 15.7. The Hall–Kier alpha value is 0.922. The summed E-state index contributed by atoms with van der Waals surface area (Å²) in [6.45, 7) is 0. The molecular formula is H2ClO4PbS-. The summed E-state index contributed by atoms with van der Waals surface area (Å²) in [5, 5.41) is 0. The van der Waals surface area contributed by atoms with Crippen molar-refractivity contribution in [1.29, 1.82) is 0 Å². The number of halogens is 1. The van der Waals surface area contributed by atoms with Crippen LogP contribution in [0.1, 0.15) is 0 Å². The van der Waals surface area contributed by atoms with E-state index in [1.165, 1.54) is 0 Å². The van der Waals surface area contributed by atoms with Gasteiger partial charge in [0.2, 0.25) is 0 Å². The normalized spacial score (nSPS) is 5.43. The second-order valence-corrected chi connectivity index (χ2v) is 0.651. The van der Waals surface area contributed by atoms with E-state index in [0.717, 1.165) is 0 Å². The van der Waals surface area contributed by atoms with Crippen LogP contribution in [0.15, 0.2) is 0 Å². The number of rotatable bonds is 0. The van der Waals surface area contributed by atoms with Crippen molar-refractivity contribution in [3.63, 3.8) is 0 Å². The molecule has 0 fully saturated rings. The molecule has 0 aliphatic rings. The number of hydrogen-bond acceptors (Lipinski definition) is 4. The maximum absolute atomic E-state index is 8.56. The maximum atomic E-state index is 8.56. The van der Waals surface area contributed by atoms with Gasteiger partial charge in [0.1, 0.15) is 0 Å². The Labute approximate surface area is 64.6 Å². The molecule has 0 aromatic heterocycles. The van der Waals surface area contributed by atoms with Gasteiger partial charge in [0, 0.05) is 11.0 Å². The summed E-state index contributed by atoms with van der Waals surface area (Å²) < 4.78 is 32.5. The molecule has 0 aliphatic heterocycles. The summed E-state index contributed by atoms with van der Waals surface area (Å²) in [6.07, 6.45) is 0. The monoisotopic (exact) mass is 341 g/mol. The minimum absolute atomic E-state index is 0. The molecule has 0 saturated heterocycles. The molecule has 0 atom stereocenters. The summed E-state index contributed by atoms with van der Waals surface area (Å²) in [4.78, 5) is 0. The van der Waals surface area contributed by atoms with Crippen molar-refractivity contribution in [3.8, 4) is 0 Å². The standard InChI is InChI=1S/ClH.HO3S.O.Pb/c;1-4(2)3;;/h1H;(H,1,2,3);;/q;-1;;. The molecular weight excluding hydrogens is 339 g/mol. The molecule has 0 bridgehead atoms. The molecule has 2 radical (unpaired) electrons. The van der Waals surface area contributed by atoms with Crippen molar-refractivity contribution in [3.05, 3.63) is 0 Å². The van der Waals surface area contributed by atoms with Gasteiger partial charge >= 0.3 is 28.5 Å². The Kier molecular flexibility index (Phi) is 35.3. The zero-order chi connectivity index (χ0) is 5.58. The topological polar surface area (TPSA) is 71.4 Å². The molecule has 0 amide bonds. The van der Waals surface area contributed by atoms with Gasteiger partial charge in [-0.05, 0) is 0 Å². The van der Waals surface area contributed by atoms with E-state index in [1.54, 1.807) is 0 Å². The van der Waals surface area contributed by atoms with Gasteiger partial charge < -0.3 is 13.0 Å². The fraction of sp³-hybridized carbons (Fsp3) is 0. The molecule has 7 heteroatoms. The van der Waals surface area contributed by atoms with Gasteiger partial charge in [-0.15, -0.1) is 12.4 Å². The van der Waals surface area contributed by atoms with E-state index in [2.05, 4.69) is 0 Å². The summed E-state index contributed by atoms with van der Waals surface area (Å²) in [5.74, 6) is 0. The van der Waals surface area contributed by atoms with E-state index in [1.807, 2.05) is 0 Å². The Morgan fingerprint density at radius 3 is 1.29 bits per heavy atom. The van der Waals surface area contributed by atoms with Crippen molar-refractivity contribution in [1.82, 2.24) is 0 Å². The Balaban J connectivity index is -0.0000000480. The van der Waals surface area contributed by atoms with E-state index >= 15 is 0 Å². The molecule has 4 nitrogen and oxygen atoms in total. The van der Waals surface area contributed by atoms with Crippen LogP contribution in [0, 0.1) is 0 Å². The molecule has 0 rings (SSSR count). The van der Waals surface area contributed by atoms with Crippen LogP contribution < -0.4 is 0 Å². The first-order valence-corrected chi connectivity index (χ1v) is 3.34. The third-order valence-electron chi connectivity index (χ3n) is 0. The van der Waals surface area contributed by atoms with E-state index < -0.39 is 11.0 Å². The van der Waals surface area contributed by atoms with Crippen LogP contribution in [-0.4, -0.2) is 30.3 Å². The van der Waals surface area contributed by atoms with Gasteiger partial charge in [0.25, 0.3) is 0 Å². The van der Waals surface area contributed by atoms with Gasteiger partial charge in [-0.25, -0.2) is 0 Å². The zero-order valence-electron chi connectivity index (χ0n) is 2.99. The van der Waals surface area contributed by atoms with Crippen LogP contribution in [0.4, 0.5) is 0 Å². The second-order valence-electron chi connectivity index (χ2n) is 0.217. The summed E-state index contributed by atoms with van der Waals surface area (Å²) in [6, 6.07) is 0. The van der Waals surface area contributed by atoms with Crippen LogP contribution >= 0.6 is 12.4 Å². The van der Waals surface area contributed by atoms with Crippen molar-refractivity contribution >= 4 is 49.2 Å². The molecule has 1 N–H and O–H groups in total. The zero-order valence-corrected chi connectivity index (χ0v) is 8.51. The van der Waals surface area contributed by atoms with E-state index in [-0.39, 0.29) is 38.2 Å². The van der Waals surface area contributed by atoms with Crippen LogP contribution in [0.25, 0.3) is 0 Å². The summed E-state index contributed by atoms with van der Waals surface area (Å²) in [5.41, 5.74) is 0. The van der Waals surface area contributed by atoms with Crippen molar-refractivity contribution in [2.45, 2.75) is 0 Å². The Bertz CT molecular complexity index is 69.8. The molecule has 7 heavy (non-hydrogen) atoms. The minimum atomic E-state index is -2.86. The third-order valence-corrected chi connectivity index (χ3v) is 0. The van der Waals surface area contributed by atoms with Crippen LogP contribution in [-0.2, 0) is 22.1 Å². The molecule has 0 heterocycles.